The van der Waals surface area contributed by atoms with E-state index < -0.39 is 0 Å². The van der Waals surface area contributed by atoms with Gasteiger partial charge in [-0.15, -0.1) is 0 Å². The summed E-state index contributed by atoms with van der Waals surface area (Å²) < 4.78 is 0. The lowest BCUT2D eigenvalue weighted by Crippen LogP contribution is -2.61. The van der Waals surface area contributed by atoms with E-state index in [2.05, 4.69) is 15.5 Å². The van der Waals surface area contributed by atoms with E-state index in [9.17, 15) is 4.79 Å². The summed E-state index contributed by atoms with van der Waals surface area (Å²) in [5.41, 5.74) is 0. The Balaban J connectivity index is 2.01. The SMILES string of the molecule is CNCC1C(=O)NCCN1C1CCCCCC1. The maximum atomic E-state index is 11.9. The highest BCUT2D eigenvalue weighted by atomic mass is 16.2. The Morgan fingerprint density at radius 1 is 1.29 bits per heavy atom. The van der Waals surface area contributed by atoms with Crippen molar-refractivity contribution >= 4 is 5.91 Å². The van der Waals surface area contributed by atoms with Gasteiger partial charge < -0.3 is 10.6 Å². The van der Waals surface area contributed by atoms with Gasteiger partial charge in [-0.3, -0.25) is 9.69 Å². The Labute approximate surface area is 104 Å². The molecule has 1 aliphatic heterocycles. The first kappa shape index (κ1) is 12.8. The van der Waals surface area contributed by atoms with Crippen LogP contribution in [0.15, 0.2) is 0 Å². The second-order valence-electron chi connectivity index (χ2n) is 5.25. The smallest absolute Gasteiger partial charge is 0.238 e. The molecule has 0 bridgehead atoms. The molecule has 2 rings (SSSR count). The summed E-state index contributed by atoms with van der Waals surface area (Å²) in [6, 6.07) is 0.666. The molecule has 0 aromatic rings. The topological polar surface area (TPSA) is 44.4 Å². The minimum atomic E-state index is 0.0387. The number of carbonyl (C=O) groups excluding carboxylic acids is 1. The van der Waals surface area contributed by atoms with E-state index in [1.165, 1.54) is 38.5 Å². The second-order valence-corrected chi connectivity index (χ2v) is 5.25. The average molecular weight is 239 g/mol. The third-order valence-electron chi connectivity index (χ3n) is 4.06. The van der Waals surface area contributed by atoms with Gasteiger partial charge in [0.25, 0.3) is 0 Å². The molecule has 0 aromatic carbocycles. The van der Waals surface area contributed by atoms with E-state index in [-0.39, 0.29) is 11.9 Å². The Morgan fingerprint density at radius 3 is 2.65 bits per heavy atom. The van der Waals surface area contributed by atoms with E-state index in [0.717, 1.165) is 19.6 Å². The lowest BCUT2D eigenvalue weighted by atomic mass is 10.0. The maximum absolute atomic E-state index is 11.9. The molecule has 2 N–H and O–H groups in total. The van der Waals surface area contributed by atoms with E-state index in [0.29, 0.717) is 6.04 Å². The number of rotatable bonds is 3. The van der Waals surface area contributed by atoms with Gasteiger partial charge in [0.1, 0.15) is 6.04 Å². The summed E-state index contributed by atoms with van der Waals surface area (Å²) >= 11 is 0. The summed E-state index contributed by atoms with van der Waals surface area (Å²) in [6.07, 6.45) is 7.94. The molecule has 0 spiro atoms. The first-order valence-corrected chi connectivity index (χ1v) is 7.01. The standard InChI is InChI=1S/C13H25N3O/c1-14-10-12-13(17)15-8-9-16(12)11-6-4-2-3-5-7-11/h11-12,14H,2-10H2,1H3,(H,15,17). The van der Waals surface area contributed by atoms with Crippen molar-refractivity contribution in [2.75, 3.05) is 26.7 Å². The molecule has 0 radical (unpaired) electrons. The van der Waals surface area contributed by atoms with Crippen molar-refractivity contribution in [1.29, 1.82) is 0 Å². The highest BCUT2D eigenvalue weighted by Crippen LogP contribution is 2.24. The van der Waals surface area contributed by atoms with Crippen molar-refractivity contribution in [2.24, 2.45) is 0 Å². The number of hydrogen-bond donors (Lipinski definition) is 2. The van der Waals surface area contributed by atoms with Gasteiger partial charge >= 0.3 is 0 Å². The zero-order valence-electron chi connectivity index (χ0n) is 10.9. The molecule has 1 heterocycles. The fourth-order valence-corrected chi connectivity index (χ4v) is 3.16. The predicted molar refractivity (Wildman–Crippen MR) is 68.9 cm³/mol. The minimum Gasteiger partial charge on any atom is -0.353 e. The number of amides is 1. The number of likely N-dealkylation sites (N-methyl/N-ethyl adjacent to an activating group) is 1. The lowest BCUT2D eigenvalue weighted by molar-refractivity contribution is -0.130. The molecule has 1 saturated carbocycles. The summed E-state index contributed by atoms with van der Waals surface area (Å²) in [6.45, 7) is 2.60. The molecular weight excluding hydrogens is 214 g/mol. The van der Waals surface area contributed by atoms with E-state index in [1.807, 2.05) is 7.05 Å². The minimum absolute atomic E-state index is 0.0387. The monoisotopic (exact) mass is 239 g/mol. The molecule has 1 aliphatic carbocycles. The molecular formula is C13H25N3O. The fourth-order valence-electron chi connectivity index (χ4n) is 3.16. The van der Waals surface area contributed by atoms with Crippen LogP contribution in [0.2, 0.25) is 0 Å². The first-order chi connectivity index (χ1) is 8.33. The summed E-state index contributed by atoms with van der Waals surface area (Å²) in [4.78, 5) is 14.4. The molecule has 17 heavy (non-hydrogen) atoms. The van der Waals surface area contributed by atoms with Crippen molar-refractivity contribution in [3.8, 4) is 0 Å². The highest BCUT2D eigenvalue weighted by molar-refractivity contribution is 5.82. The number of piperazine rings is 1. The summed E-state index contributed by atoms with van der Waals surface area (Å²) in [5, 5.41) is 6.13. The van der Waals surface area contributed by atoms with Gasteiger partial charge in [-0.25, -0.2) is 0 Å². The number of nitrogens with one attached hydrogen (secondary N) is 2. The van der Waals surface area contributed by atoms with Gasteiger partial charge in [0, 0.05) is 25.7 Å². The third kappa shape index (κ3) is 3.19. The van der Waals surface area contributed by atoms with Crippen molar-refractivity contribution in [3.05, 3.63) is 0 Å². The molecule has 98 valence electrons. The van der Waals surface area contributed by atoms with Crippen LogP contribution in [0.25, 0.3) is 0 Å². The summed E-state index contributed by atoms with van der Waals surface area (Å²) in [5.74, 6) is 0.204. The number of carbonyl (C=O) groups is 1. The Kier molecular flexibility index (Phi) is 4.80. The van der Waals surface area contributed by atoms with Gasteiger partial charge in [0.2, 0.25) is 5.91 Å². The molecule has 1 amide bonds. The Hall–Kier alpha value is -0.610. The van der Waals surface area contributed by atoms with Crippen molar-refractivity contribution in [2.45, 2.75) is 50.6 Å². The van der Waals surface area contributed by atoms with Gasteiger partial charge in [0.15, 0.2) is 0 Å². The molecule has 1 atom stereocenters. The fraction of sp³-hybridized carbons (Fsp3) is 0.923. The van der Waals surface area contributed by atoms with Gasteiger partial charge in [0.05, 0.1) is 0 Å². The summed E-state index contributed by atoms with van der Waals surface area (Å²) in [7, 11) is 1.92. The van der Waals surface area contributed by atoms with Crippen LogP contribution in [-0.4, -0.2) is 49.6 Å². The zero-order chi connectivity index (χ0) is 12.1. The van der Waals surface area contributed by atoms with Crippen LogP contribution < -0.4 is 10.6 Å². The van der Waals surface area contributed by atoms with Crippen LogP contribution in [0.3, 0.4) is 0 Å². The van der Waals surface area contributed by atoms with Crippen molar-refractivity contribution in [3.63, 3.8) is 0 Å². The van der Waals surface area contributed by atoms with E-state index in [1.54, 1.807) is 0 Å². The van der Waals surface area contributed by atoms with E-state index in [4.69, 9.17) is 0 Å². The number of nitrogens with zero attached hydrogens (tertiary/aromatic N) is 1. The molecule has 0 aromatic heterocycles. The molecule has 4 nitrogen and oxygen atoms in total. The molecule has 2 fully saturated rings. The first-order valence-electron chi connectivity index (χ1n) is 7.01. The highest BCUT2D eigenvalue weighted by Gasteiger charge is 2.33. The van der Waals surface area contributed by atoms with Crippen LogP contribution in [0, 0.1) is 0 Å². The van der Waals surface area contributed by atoms with Gasteiger partial charge in [-0.05, 0) is 19.9 Å². The largest absolute Gasteiger partial charge is 0.353 e. The van der Waals surface area contributed by atoms with Crippen molar-refractivity contribution in [1.82, 2.24) is 15.5 Å². The zero-order valence-corrected chi connectivity index (χ0v) is 10.9. The van der Waals surface area contributed by atoms with Crippen LogP contribution in [0.4, 0.5) is 0 Å². The van der Waals surface area contributed by atoms with Gasteiger partial charge in [-0.2, -0.15) is 0 Å². The van der Waals surface area contributed by atoms with Gasteiger partial charge in [-0.1, -0.05) is 25.7 Å². The van der Waals surface area contributed by atoms with Crippen molar-refractivity contribution < 1.29 is 4.79 Å². The lowest BCUT2D eigenvalue weighted by Gasteiger charge is -2.40. The molecule has 1 saturated heterocycles. The van der Waals surface area contributed by atoms with E-state index >= 15 is 0 Å². The second kappa shape index (κ2) is 6.36. The van der Waals surface area contributed by atoms with Crippen LogP contribution in [-0.2, 0) is 4.79 Å². The van der Waals surface area contributed by atoms with Crippen LogP contribution >= 0.6 is 0 Å². The van der Waals surface area contributed by atoms with Crippen LogP contribution in [0.5, 0.6) is 0 Å². The Bertz CT molecular complexity index is 249. The Morgan fingerprint density at radius 2 is 2.00 bits per heavy atom. The molecule has 1 unspecified atom stereocenters. The van der Waals surface area contributed by atoms with Crippen LogP contribution in [0.1, 0.15) is 38.5 Å². The average Bonchev–Trinajstić information content (AvgIpc) is 2.60. The molecule has 2 aliphatic rings. The third-order valence-corrected chi connectivity index (χ3v) is 4.06. The predicted octanol–water partition coefficient (Wildman–Crippen LogP) is 0.729. The quantitative estimate of drug-likeness (QED) is 0.714. The maximum Gasteiger partial charge on any atom is 0.238 e. The number of hydrogen-bond acceptors (Lipinski definition) is 3. The normalized spacial score (nSPS) is 28.8. The molecule has 4 heteroatoms.